The van der Waals surface area contributed by atoms with E-state index in [-0.39, 0.29) is 0 Å². The van der Waals surface area contributed by atoms with Crippen LogP contribution in [0.25, 0.3) is 0 Å². The molecular weight excluding hydrogens is 220 g/mol. The number of hydrogen-bond acceptors (Lipinski definition) is 4. The van der Waals surface area contributed by atoms with Crippen LogP contribution in [0.2, 0.25) is 0 Å². The summed E-state index contributed by atoms with van der Waals surface area (Å²) in [5.74, 6) is -0.643. The Morgan fingerprint density at radius 1 is 1.27 bits per heavy atom. The van der Waals surface area contributed by atoms with Crippen molar-refractivity contribution in [3.05, 3.63) is 0 Å². The van der Waals surface area contributed by atoms with Crippen LogP contribution >= 0.6 is 11.6 Å². The molecule has 0 aromatic heterocycles. The van der Waals surface area contributed by atoms with Gasteiger partial charge in [-0.2, -0.15) is 4.89 Å². The maximum absolute atomic E-state index is 11.4. The van der Waals surface area contributed by atoms with Crippen molar-refractivity contribution in [1.82, 2.24) is 0 Å². The first kappa shape index (κ1) is 14.7. The van der Waals surface area contributed by atoms with E-state index in [1.165, 1.54) is 0 Å². The van der Waals surface area contributed by atoms with E-state index in [2.05, 4.69) is 9.93 Å². The van der Waals surface area contributed by atoms with Gasteiger partial charge in [0.1, 0.15) is 4.87 Å². The molecule has 0 amide bonds. The molecule has 0 spiro atoms. The van der Waals surface area contributed by atoms with E-state index in [1.54, 1.807) is 27.7 Å². The minimum absolute atomic E-state index is 0.520. The van der Waals surface area contributed by atoms with Crippen molar-refractivity contribution >= 4 is 17.6 Å². The van der Waals surface area contributed by atoms with Crippen LogP contribution in [0.15, 0.2) is 0 Å². The summed E-state index contributed by atoms with van der Waals surface area (Å²) < 4.78 is 0. The van der Waals surface area contributed by atoms with Gasteiger partial charge in [-0.1, -0.05) is 13.3 Å². The molecular formula is C10H19ClO4. The lowest BCUT2D eigenvalue weighted by molar-refractivity contribution is -0.515. The lowest BCUT2D eigenvalue weighted by Gasteiger charge is -2.20. The maximum Gasteiger partial charge on any atom is 0.366 e. The van der Waals surface area contributed by atoms with Gasteiger partial charge in [-0.25, -0.2) is 4.79 Å². The summed E-state index contributed by atoms with van der Waals surface area (Å²) in [6.45, 7) is 8.83. The number of alkyl halides is 1. The minimum Gasteiger partial charge on any atom is -0.267 e. The third-order valence-electron chi connectivity index (χ3n) is 1.54. The summed E-state index contributed by atoms with van der Waals surface area (Å²) in [4.78, 5) is 19.5. The minimum atomic E-state index is -1.06. The van der Waals surface area contributed by atoms with E-state index in [9.17, 15) is 4.79 Å². The van der Waals surface area contributed by atoms with Gasteiger partial charge >= 0.3 is 5.97 Å². The molecule has 1 atom stereocenters. The molecule has 0 fully saturated rings. The predicted octanol–water partition coefficient (Wildman–Crippen LogP) is 2.99. The Morgan fingerprint density at radius 3 is 2.20 bits per heavy atom. The first-order chi connectivity index (χ1) is 6.69. The van der Waals surface area contributed by atoms with Gasteiger partial charge in [-0.15, -0.1) is 11.6 Å². The Bertz CT molecular complexity index is 208. The molecule has 0 aliphatic rings. The first-order valence-electron chi connectivity index (χ1n) is 4.95. The van der Waals surface area contributed by atoms with Crippen LogP contribution in [0.5, 0.6) is 0 Å². The molecule has 4 nitrogen and oxygen atoms in total. The molecule has 0 aliphatic heterocycles. The normalized spacial score (nSPS) is 15.9. The highest BCUT2D eigenvalue weighted by Gasteiger charge is 2.33. The zero-order chi connectivity index (χ0) is 12.1. The largest absolute Gasteiger partial charge is 0.366 e. The molecule has 0 aliphatic carbocycles. The van der Waals surface area contributed by atoms with E-state index >= 15 is 0 Å². The molecule has 5 heteroatoms. The fourth-order valence-electron chi connectivity index (χ4n) is 0.808. The maximum atomic E-state index is 11.4. The van der Waals surface area contributed by atoms with Gasteiger partial charge in [0.2, 0.25) is 0 Å². The van der Waals surface area contributed by atoms with Crippen LogP contribution in [0.4, 0.5) is 0 Å². The SMILES string of the molecule is CCCC(C)(Cl)C(=O)OOOC(C)(C)C. The predicted molar refractivity (Wildman–Crippen MR) is 57.2 cm³/mol. The average molecular weight is 239 g/mol. The van der Waals surface area contributed by atoms with Crippen LogP contribution in [-0.2, 0) is 19.6 Å². The number of carbonyl (C=O) groups excluding carboxylic acids is 1. The quantitative estimate of drug-likeness (QED) is 0.420. The molecule has 15 heavy (non-hydrogen) atoms. The summed E-state index contributed by atoms with van der Waals surface area (Å²) >= 11 is 5.93. The lowest BCUT2D eigenvalue weighted by Crippen LogP contribution is -2.32. The Labute approximate surface area is 95.7 Å². The fraction of sp³-hybridized carbons (Fsp3) is 0.900. The van der Waals surface area contributed by atoms with Crippen molar-refractivity contribution in [2.45, 2.75) is 57.9 Å². The van der Waals surface area contributed by atoms with Crippen molar-refractivity contribution in [3.8, 4) is 0 Å². The van der Waals surface area contributed by atoms with Gasteiger partial charge < -0.3 is 0 Å². The van der Waals surface area contributed by atoms with Gasteiger partial charge in [0.25, 0.3) is 0 Å². The summed E-state index contributed by atoms with van der Waals surface area (Å²) in [6.07, 6.45) is 1.31. The highest BCUT2D eigenvalue weighted by atomic mass is 35.5. The highest BCUT2D eigenvalue weighted by molar-refractivity contribution is 6.33. The molecule has 0 heterocycles. The second-order valence-corrected chi connectivity index (χ2v) is 5.42. The molecule has 0 aromatic carbocycles. The van der Waals surface area contributed by atoms with Crippen LogP contribution in [0, 0.1) is 0 Å². The van der Waals surface area contributed by atoms with Crippen LogP contribution < -0.4 is 0 Å². The number of carbonyl (C=O) groups is 1. The smallest absolute Gasteiger partial charge is 0.267 e. The fourth-order valence-corrected chi connectivity index (χ4v) is 1.03. The lowest BCUT2D eigenvalue weighted by atomic mass is 10.1. The summed E-state index contributed by atoms with van der Waals surface area (Å²) in [5.41, 5.74) is -0.534. The Morgan fingerprint density at radius 2 is 1.80 bits per heavy atom. The van der Waals surface area contributed by atoms with Gasteiger partial charge in [-0.3, -0.25) is 4.89 Å². The Kier molecular flexibility index (Phi) is 5.56. The van der Waals surface area contributed by atoms with Crippen molar-refractivity contribution in [2.75, 3.05) is 0 Å². The monoisotopic (exact) mass is 238 g/mol. The summed E-state index contributed by atoms with van der Waals surface area (Å²) in [6, 6.07) is 0. The first-order valence-corrected chi connectivity index (χ1v) is 5.32. The molecule has 0 saturated carbocycles. The number of halogens is 1. The molecule has 0 radical (unpaired) electrons. The molecule has 90 valence electrons. The molecule has 1 unspecified atom stereocenters. The summed E-state index contributed by atoms with van der Waals surface area (Å²) in [5, 5.41) is 4.36. The molecule has 0 rings (SSSR count). The topological polar surface area (TPSA) is 44.8 Å². The van der Waals surface area contributed by atoms with Gasteiger partial charge in [0.15, 0.2) is 0 Å². The third kappa shape index (κ3) is 6.71. The van der Waals surface area contributed by atoms with E-state index in [0.29, 0.717) is 6.42 Å². The molecule has 0 aromatic rings. The molecule has 0 saturated heterocycles. The number of rotatable bonds is 5. The van der Waals surface area contributed by atoms with Gasteiger partial charge in [-0.05, 0) is 39.2 Å². The second-order valence-electron chi connectivity index (χ2n) is 4.58. The van der Waals surface area contributed by atoms with Crippen molar-refractivity contribution < 1.29 is 19.6 Å². The van der Waals surface area contributed by atoms with Crippen LogP contribution in [-0.4, -0.2) is 16.4 Å². The van der Waals surface area contributed by atoms with E-state index in [4.69, 9.17) is 16.5 Å². The molecule has 0 N–H and O–H groups in total. The van der Waals surface area contributed by atoms with Crippen molar-refractivity contribution in [3.63, 3.8) is 0 Å². The Hall–Kier alpha value is -0.320. The van der Waals surface area contributed by atoms with E-state index in [1.807, 2.05) is 6.92 Å². The number of hydrogen-bond donors (Lipinski definition) is 0. The van der Waals surface area contributed by atoms with E-state index in [0.717, 1.165) is 6.42 Å². The highest BCUT2D eigenvalue weighted by Crippen LogP contribution is 2.23. The average Bonchev–Trinajstić information content (AvgIpc) is 2.01. The standard InChI is InChI=1S/C10H19ClO4/c1-6-7-10(5,11)8(12)13-15-14-9(2,3)4/h6-7H2,1-5H3. The zero-order valence-electron chi connectivity index (χ0n) is 9.93. The van der Waals surface area contributed by atoms with Crippen LogP contribution in [0.1, 0.15) is 47.5 Å². The Balaban J connectivity index is 3.94. The third-order valence-corrected chi connectivity index (χ3v) is 1.88. The second kappa shape index (κ2) is 5.68. The van der Waals surface area contributed by atoms with Crippen LogP contribution in [0.3, 0.4) is 0 Å². The van der Waals surface area contributed by atoms with Gasteiger partial charge in [0.05, 0.1) is 5.60 Å². The van der Waals surface area contributed by atoms with Gasteiger partial charge in [0, 0.05) is 0 Å². The zero-order valence-corrected chi connectivity index (χ0v) is 10.7. The van der Waals surface area contributed by atoms with E-state index < -0.39 is 16.4 Å². The van der Waals surface area contributed by atoms with Crippen molar-refractivity contribution in [1.29, 1.82) is 0 Å². The van der Waals surface area contributed by atoms with Crippen molar-refractivity contribution in [2.24, 2.45) is 0 Å². The summed E-state index contributed by atoms with van der Waals surface area (Å²) in [7, 11) is 0. The molecule has 0 bridgehead atoms.